The second-order valence-electron chi connectivity index (χ2n) is 4.29. The molecule has 0 heterocycles. The summed E-state index contributed by atoms with van der Waals surface area (Å²) in [6, 6.07) is -1.84. The monoisotopic (exact) mass is 274 g/mol. The number of carboxylic acid groups (broad SMARTS) is 1. The smallest absolute Gasteiger partial charge is 0.320 e. The molecule has 0 aromatic rings. The summed E-state index contributed by atoms with van der Waals surface area (Å²) in [4.78, 5) is 33.1. The van der Waals surface area contributed by atoms with Gasteiger partial charge in [0.05, 0.1) is 0 Å². The van der Waals surface area contributed by atoms with Crippen molar-refractivity contribution in [1.29, 1.82) is 0 Å². The van der Waals surface area contributed by atoms with Crippen LogP contribution in [0, 0.1) is 0 Å². The van der Waals surface area contributed by atoms with E-state index < -0.39 is 29.9 Å². The van der Waals surface area contributed by atoms with Gasteiger partial charge in [0.25, 0.3) is 0 Å². The molecule has 8 heteroatoms. The summed E-state index contributed by atoms with van der Waals surface area (Å²) in [6.45, 7) is 0.507. The predicted octanol–water partition coefficient (Wildman–Crippen LogP) is -1.72. The summed E-state index contributed by atoms with van der Waals surface area (Å²) >= 11 is 0. The first-order valence-corrected chi connectivity index (χ1v) is 6.15. The second kappa shape index (κ2) is 9.29. The first-order chi connectivity index (χ1) is 8.88. The molecule has 0 aliphatic rings. The molecule has 2 atom stereocenters. The van der Waals surface area contributed by atoms with Crippen LogP contribution < -0.4 is 22.5 Å². The third-order valence-electron chi connectivity index (χ3n) is 2.63. The minimum Gasteiger partial charge on any atom is -0.480 e. The lowest BCUT2D eigenvalue weighted by Crippen LogP contribution is -2.45. The molecule has 0 fully saturated rings. The van der Waals surface area contributed by atoms with Gasteiger partial charge < -0.3 is 27.6 Å². The molecule has 0 spiro atoms. The van der Waals surface area contributed by atoms with E-state index in [0.717, 1.165) is 6.42 Å². The summed E-state index contributed by atoms with van der Waals surface area (Å²) in [6.07, 6.45) is 1.79. The molecule has 0 saturated carbocycles. The van der Waals surface area contributed by atoms with Gasteiger partial charge in [-0.1, -0.05) is 0 Å². The lowest BCUT2D eigenvalue weighted by atomic mass is 10.1. The number of unbranched alkanes of at least 4 members (excludes halogenated alkanes) is 1. The summed E-state index contributed by atoms with van der Waals surface area (Å²) < 4.78 is 0. The number of primary amides is 1. The molecule has 0 aromatic carbocycles. The van der Waals surface area contributed by atoms with Gasteiger partial charge in [-0.3, -0.25) is 14.4 Å². The Morgan fingerprint density at radius 1 is 1.16 bits per heavy atom. The Kier molecular flexibility index (Phi) is 8.47. The van der Waals surface area contributed by atoms with Gasteiger partial charge in [0, 0.05) is 6.42 Å². The maximum atomic E-state index is 11.5. The van der Waals surface area contributed by atoms with E-state index in [-0.39, 0.29) is 12.8 Å². The minimum atomic E-state index is -1.16. The van der Waals surface area contributed by atoms with Crippen molar-refractivity contribution in [3.8, 4) is 0 Å². The Morgan fingerprint density at radius 3 is 2.26 bits per heavy atom. The van der Waals surface area contributed by atoms with E-state index >= 15 is 0 Å². The zero-order valence-corrected chi connectivity index (χ0v) is 10.8. The number of carboxylic acids is 1. The Hall–Kier alpha value is -1.67. The van der Waals surface area contributed by atoms with E-state index in [9.17, 15) is 14.4 Å². The highest BCUT2D eigenvalue weighted by molar-refractivity contribution is 5.86. The largest absolute Gasteiger partial charge is 0.480 e. The van der Waals surface area contributed by atoms with Gasteiger partial charge in [0.2, 0.25) is 11.8 Å². The van der Waals surface area contributed by atoms with Crippen LogP contribution in [0.25, 0.3) is 0 Å². The minimum absolute atomic E-state index is 0.00937. The number of amides is 2. The van der Waals surface area contributed by atoms with Gasteiger partial charge in [-0.2, -0.15) is 0 Å². The van der Waals surface area contributed by atoms with Crippen molar-refractivity contribution in [3.05, 3.63) is 0 Å². The zero-order chi connectivity index (χ0) is 14.8. The molecule has 8 nitrogen and oxygen atoms in total. The molecule has 0 aromatic heterocycles. The molecular formula is C11H22N4O4. The van der Waals surface area contributed by atoms with E-state index in [0.29, 0.717) is 19.4 Å². The van der Waals surface area contributed by atoms with E-state index in [1.54, 1.807) is 0 Å². The number of aliphatic carboxylic acids is 1. The van der Waals surface area contributed by atoms with E-state index in [1.165, 1.54) is 0 Å². The number of carbonyl (C=O) groups excluding carboxylic acids is 2. The molecule has 0 aliphatic carbocycles. The van der Waals surface area contributed by atoms with E-state index in [2.05, 4.69) is 5.32 Å². The molecule has 0 radical (unpaired) electrons. The topological polar surface area (TPSA) is 162 Å². The predicted molar refractivity (Wildman–Crippen MR) is 68.9 cm³/mol. The molecule has 110 valence electrons. The van der Waals surface area contributed by atoms with Crippen LogP contribution in [0.4, 0.5) is 0 Å². The summed E-state index contributed by atoms with van der Waals surface area (Å²) in [5.41, 5.74) is 15.8. The van der Waals surface area contributed by atoms with Crippen molar-refractivity contribution in [1.82, 2.24) is 5.32 Å². The standard InChI is InChI=1S/C11H22N4O4/c12-6-2-1-3-8(10(14)17)15-9(16)5-4-7(13)11(18)19/h7-8H,1-6,12-13H2,(H2,14,17)(H,15,16)(H,18,19). The Morgan fingerprint density at radius 2 is 1.79 bits per heavy atom. The quantitative estimate of drug-likeness (QED) is 0.297. The van der Waals surface area contributed by atoms with Crippen molar-refractivity contribution >= 4 is 17.8 Å². The average molecular weight is 274 g/mol. The Balaban J connectivity index is 4.09. The van der Waals surface area contributed by atoms with Crippen LogP contribution in [0.2, 0.25) is 0 Å². The fourth-order valence-electron chi connectivity index (χ4n) is 1.45. The first-order valence-electron chi connectivity index (χ1n) is 6.15. The number of nitrogens with one attached hydrogen (secondary N) is 1. The number of carbonyl (C=O) groups is 3. The molecule has 2 amide bonds. The molecule has 8 N–H and O–H groups in total. The molecular weight excluding hydrogens is 252 g/mol. The molecule has 0 aliphatic heterocycles. The van der Waals surface area contributed by atoms with Crippen molar-refractivity contribution in [2.45, 2.75) is 44.2 Å². The van der Waals surface area contributed by atoms with Crippen LogP contribution in [-0.2, 0) is 14.4 Å². The van der Waals surface area contributed by atoms with Crippen LogP contribution in [-0.4, -0.2) is 41.5 Å². The van der Waals surface area contributed by atoms with E-state index in [4.69, 9.17) is 22.3 Å². The number of hydrogen-bond acceptors (Lipinski definition) is 5. The number of hydrogen-bond donors (Lipinski definition) is 5. The van der Waals surface area contributed by atoms with Crippen LogP contribution >= 0.6 is 0 Å². The molecule has 2 unspecified atom stereocenters. The summed E-state index contributed by atoms with van der Waals surface area (Å²) in [5, 5.41) is 11.0. The van der Waals surface area contributed by atoms with Crippen LogP contribution in [0.3, 0.4) is 0 Å². The second-order valence-corrected chi connectivity index (χ2v) is 4.29. The first kappa shape index (κ1) is 17.3. The fraction of sp³-hybridized carbons (Fsp3) is 0.727. The van der Waals surface area contributed by atoms with Gasteiger partial charge >= 0.3 is 5.97 Å². The van der Waals surface area contributed by atoms with Gasteiger partial charge in [0.1, 0.15) is 12.1 Å². The summed E-state index contributed by atoms with van der Waals surface area (Å²) in [5.74, 6) is -2.22. The van der Waals surface area contributed by atoms with Gasteiger partial charge in [-0.15, -0.1) is 0 Å². The third-order valence-corrected chi connectivity index (χ3v) is 2.63. The lowest BCUT2D eigenvalue weighted by molar-refractivity contribution is -0.138. The van der Waals surface area contributed by atoms with Crippen molar-refractivity contribution < 1.29 is 19.5 Å². The normalized spacial score (nSPS) is 13.6. The van der Waals surface area contributed by atoms with Gasteiger partial charge in [0.15, 0.2) is 0 Å². The zero-order valence-electron chi connectivity index (χ0n) is 10.8. The van der Waals surface area contributed by atoms with Crippen LogP contribution in [0.1, 0.15) is 32.1 Å². The van der Waals surface area contributed by atoms with Crippen LogP contribution in [0.15, 0.2) is 0 Å². The maximum absolute atomic E-state index is 11.5. The van der Waals surface area contributed by atoms with Crippen molar-refractivity contribution in [2.75, 3.05) is 6.54 Å². The fourth-order valence-corrected chi connectivity index (χ4v) is 1.45. The molecule has 0 rings (SSSR count). The van der Waals surface area contributed by atoms with Crippen molar-refractivity contribution in [3.63, 3.8) is 0 Å². The average Bonchev–Trinajstić information content (AvgIpc) is 2.34. The maximum Gasteiger partial charge on any atom is 0.320 e. The van der Waals surface area contributed by atoms with Crippen LogP contribution in [0.5, 0.6) is 0 Å². The Labute approximate surface area is 111 Å². The van der Waals surface area contributed by atoms with Gasteiger partial charge in [-0.25, -0.2) is 0 Å². The highest BCUT2D eigenvalue weighted by Crippen LogP contribution is 2.02. The summed E-state index contributed by atoms with van der Waals surface area (Å²) in [7, 11) is 0. The highest BCUT2D eigenvalue weighted by Gasteiger charge is 2.19. The molecule has 19 heavy (non-hydrogen) atoms. The highest BCUT2D eigenvalue weighted by atomic mass is 16.4. The third kappa shape index (κ3) is 8.11. The Bertz CT molecular complexity index is 322. The van der Waals surface area contributed by atoms with E-state index in [1.807, 2.05) is 0 Å². The molecule has 0 bridgehead atoms. The van der Waals surface area contributed by atoms with Gasteiger partial charge in [-0.05, 0) is 32.2 Å². The SMILES string of the molecule is NCCCCC(NC(=O)CCC(N)C(=O)O)C(N)=O. The van der Waals surface area contributed by atoms with Crippen molar-refractivity contribution in [2.24, 2.45) is 17.2 Å². The lowest BCUT2D eigenvalue weighted by Gasteiger charge is -2.15. The number of nitrogens with two attached hydrogens (primary N) is 3. The molecule has 0 saturated heterocycles. The number of rotatable bonds is 10.